The Kier molecular flexibility index (Phi) is 5.81. The molecule has 1 aromatic carbocycles. The number of rotatable bonds is 4. The standard InChI is InChI=1S/C25H29N3O2S/c29-24-22(21-13-8-18-31-21)23(25(30)28(24)20-11-4-1-2-5-12-20)27-16-14-26(15-17-27)19-9-6-3-7-10-19/h3,6-10,13,18,20H,1-2,4-5,11-12,14-17H2. The molecule has 1 saturated carbocycles. The Hall–Kier alpha value is -2.60. The predicted octanol–water partition coefficient (Wildman–Crippen LogP) is 4.37. The van der Waals surface area contributed by atoms with Gasteiger partial charge in [0.25, 0.3) is 11.8 Å². The Labute approximate surface area is 187 Å². The zero-order valence-corrected chi connectivity index (χ0v) is 18.7. The molecule has 3 aliphatic rings. The summed E-state index contributed by atoms with van der Waals surface area (Å²) in [5, 5.41) is 1.99. The Morgan fingerprint density at radius 2 is 1.42 bits per heavy atom. The summed E-state index contributed by atoms with van der Waals surface area (Å²) in [5.74, 6) is -0.159. The molecule has 2 aliphatic heterocycles. The Morgan fingerprint density at radius 1 is 0.742 bits per heavy atom. The van der Waals surface area contributed by atoms with Gasteiger partial charge in [0.2, 0.25) is 0 Å². The molecule has 1 aromatic heterocycles. The van der Waals surface area contributed by atoms with Gasteiger partial charge in [0, 0.05) is 42.8 Å². The van der Waals surface area contributed by atoms with Gasteiger partial charge in [0.05, 0.1) is 5.57 Å². The number of hydrogen-bond acceptors (Lipinski definition) is 5. The van der Waals surface area contributed by atoms with E-state index in [4.69, 9.17) is 0 Å². The lowest BCUT2D eigenvalue weighted by Crippen LogP contribution is -2.48. The van der Waals surface area contributed by atoms with Gasteiger partial charge in [-0.1, -0.05) is 49.9 Å². The Morgan fingerprint density at radius 3 is 2.06 bits per heavy atom. The first kappa shape index (κ1) is 20.3. The minimum absolute atomic E-state index is 0.0422. The van der Waals surface area contributed by atoms with Crippen molar-refractivity contribution in [3.8, 4) is 0 Å². The van der Waals surface area contributed by atoms with E-state index in [1.165, 1.54) is 18.5 Å². The Balaban J connectivity index is 1.42. The first-order valence-corrected chi connectivity index (χ1v) is 12.3. The summed E-state index contributed by atoms with van der Waals surface area (Å²) >= 11 is 1.55. The van der Waals surface area contributed by atoms with Gasteiger partial charge in [-0.25, -0.2) is 0 Å². The minimum Gasteiger partial charge on any atom is -0.368 e. The van der Waals surface area contributed by atoms with Crippen molar-refractivity contribution in [2.75, 3.05) is 31.1 Å². The molecule has 2 aromatic rings. The molecule has 5 rings (SSSR count). The molecule has 2 fully saturated rings. The number of amides is 2. The summed E-state index contributed by atoms with van der Waals surface area (Å²) in [6.07, 6.45) is 6.47. The third kappa shape index (κ3) is 3.89. The van der Waals surface area contributed by atoms with Gasteiger partial charge in [-0.2, -0.15) is 0 Å². The van der Waals surface area contributed by atoms with E-state index in [0.29, 0.717) is 11.3 Å². The zero-order chi connectivity index (χ0) is 21.2. The van der Waals surface area contributed by atoms with Gasteiger partial charge in [0.15, 0.2) is 0 Å². The fraction of sp³-hybridized carbons (Fsp3) is 0.440. The van der Waals surface area contributed by atoms with Crippen molar-refractivity contribution in [3.63, 3.8) is 0 Å². The molecule has 0 radical (unpaired) electrons. The minimum atomic E-state index is -0.0835. The summed E-state index contributed by atoms with van der Waals surface area (Å²) < 4.78 is 0. The third-order valence-electron chi connectivity index (χ3n) is 6.77. The molecule has 162 valence electrons. The third-order valence-corrected chi connectivity index (χ3v) is 7.65. The van der Waals surface area contributed by atoms with E-state index in [1.807, 2.05) is 23.6 Å². The van der Waals surface area contributed by atoms with Crippen LogP contribution in [0.3, 0.4) is 0 Å². The van der Waals surface area contributed by atoms with Crippen LogP contribution in [0.1, 0.15) is 43.4 Å². The molecular weight excluding hydrogens is 406 g/mol. The summed E-state index contributed by atoms with van der Waals surface area (Å²) in [6, 6.07) is 14.4. The molecule has 0 spiro atoms. The number of piperazine rings is 1. The van der Waals surface area contributed by atoms with E-state index in [2.05, 4.69) is 34.1 Å². The maximum atomic E-state index is 13.7. The van der Waals surface area contributed by atoms with Crippen LogP contribution in [0.5, 0.6) is 0 Å². The van der Waals surface area contributed by atoms with E-state index in [-0.39, 0.29) is 17.9 Å². The average molecular weight is 436 g/mol. The Bertz CT molecular complexity index is 954. The average Bonchev–Trinajstić information content (AvgIpc) is 3.32. The number of imide groups is 1. The van der Waals surface area contributed by atoms with Crippen molar-refractivity contribution in [1.29, 1.82) is 0 Å². The van der Waals surface area contributed by atoms with Gasteiger partial charge < -0.3 is 9.80 Å². The molecule has 0 atom stereocenters. The number of carbonyl (C=O) groups is 2. The van der Waals surface area contributed by atoms with Gasteiger partial charge >= 0.3 is 0 Å². The monoisotopic (exact) mass is 435 g/mol. The van der Waals surface area contributed by atoms with Gasteiger partial charge in [-0.3, -0.25) is 14.5 Å². The lowest BCUT2D eigenvalue weighted by atomic mass is 10.1. The number of hydrogen-bond donors (Lipinski definition) is 0. The summed E-state index contributed by atoms with van der Waals surface area (Å²) in [4.78, 5) is 34.3. The van der Waals surface area contributed by atoms with E-state index in [0.717, 1.165) is 56.7 Å². The molecule has 5 nitrogen and oxygen atoms in total. The normalized spacial score (nSPS) is 21.2. The second kappa shape index (κ2) is 8.87. The second-order valence-corrected chi connectivity index (χ2v) is 9.58. The van der Waals surface area contributed by atoms with E-state index in [9.17, 15) is 9.59 Å². The van der Waals surface area contributed by atoms with Gasteiger partial charge in [-0.15, -0.1) is 11.3 Å². The maximum Gasteiger partial charge on any atom is 0.278 e. The highest BCUT2D eigenvalue weighted by Crippen LogP contribution is 2.37. The van der Waals surface area contributed by atoms with E-state index >= 15 is 0 Å². The van der Waals surface area contributed by atoms with Crippen molar-refractivity contribution in [1.82, 2.24) is 9.80 Å². The summed E-state index contributed by atoms with van der Waals surface area (Å²) in [6.45, 7) is 3.18. The number of thiophene rings is 1. The molecule has 0 unspecified atom stereocenters. The lowest BCUT2D eigenvalue weighted by molar-refractivity contribution is -0.140. The van der Waals surface area contributed by atoms with Crippen LogP contribution < -0.4 is 4.90 Å². The van der Waals surface area contributed by atoms with Crippen molar-refractivity contribution >= 4 is 34.4 Å². The number of para-hydroxylation sites is 1. The first-order chi connectivity index (χ1) is 15.2. The fourth-order valence-electron chi connectivity index (χ4n) is 5.15. The van der Waals surface area contributed by atoms with Crippen LogP contribution in [0.15, 0.2) is 53.5 Å². The molecule has 3 heterocycles. The lowest BCUT2D eigenvalue weighted by Gasteiger charge is -2.38. The van der Waals surface area contributed by atoms with Crippen molar-refractivity contribution in [2.24, 2.45) is 0 Å². The highest BCUT2D eigenvalue weighted by atomic mass is 32.1. The highest BCUT2D eigenvalue weighted by molar-refractivity contribution is 7.11. The summed E-state index contributed by atoms with van der Waals surface area (Å²) in [7, 11) is 0. The maximum absolute atomic E-state index is 13.7. The van der Waals surface area contributed by atoms with Crippen molar-refractivity contribution in [3.05, 3.63) is 58.4 Å². The van der Waals surface area contributed by atoms with Gasteiger partial charge in [0.1, 0.15) is 5.70 Å². The molecular formula is C25H29N3O2S. The topological polar surface area (TPSA) is 43.9 Å². The number of benzene rings is 1. The molecule has 0 N–H and O–H groups in total. The molecule has 0 bridgehead atoms. The van der Waals surface area contributed by atoms with Crippen molar-refractivity contribution in [2.45, 2.75) is 44.6 Å². The SMILES string of the molecule is O=C1C(c2cccs2)=C(N2CCN(c3ccccc3)CC2)C(=O)N1C1CCCCCC1. The van der Waals surface area contributed by atoms with Crippen LogP contribution in [0.25, 0.3) is 5.57 Å². The van der Waals surface area contributed by atoms with E-state index in [1.54, 1.807) is 16.2 Å². The van der Waals surface area contributed by atoms with Crippen LogP contribution in [0.2, 0.25) is 0 Å². The quantitative estimate of drug-likeness (QED) is 0.528. The van der Waals surface area contributed by atoms with Crippen LogP contribution in [0, 0.1) is 0 Å². The predicted molar refractivity (Wildman–Crippen MR) is 125 cm³/mol. The van der Waals surface area contributed by atoms with Crippen LogP contribution >= 0.6 is 11.3 Å². The largest absolute Gasteiger partial charge is 0.368 e. The van der Waals surface area contributed by atoms with Gasteiger partial charge in [-0.05, 0) is 36.4 Å². The number of carbonyl (C=O) groups excluding carboxylic acids is 2. The second-order valence-electron chi connectivity index (χ2n) is 8.64. The zero-order valence-electron chi connectivity index (χ0n) is 17.8. The van der Waals surface area contributed by atoms with E-state index < -0.39 is 0 Å². The van der Waals surface area contributed by atoms with Crippen molar-refractivity contribution < 1.29 is 9.59 Å². The molecule has 6 heteroatoms. The number of anilines is 1. The first-order valence-electron chi connectivity index (χ1n) is 11.4. The van der Waals surface area contributed by atoms with Crippen LogP contribution in [0.4, 0.5) is 5.69 Å². The number of nitrogens with zero attached hydrogens (tertiary/aromatic N) is 3. The smallest absolute Gasteiger partial charge is 0.278 e. The fourth-order valence-corrected chi connectivity index (χ4v) is 5.91. The van der Waals surface area contributed by atoms with Crippen LogP contribution in [-0.2, 0) is 9.59 Å². The molecule has 1 aliphatic carbocycles. The molecule has 1 saturated heterocycles. The van der Waals surface area contributed by atoms with Crippen LogP contribution in [-0.4, -0.2) is 53.8 Å². The summed E-state index contributed by atoms with van der Waals surface area (Å²) in [5.41, 5.74) is 2.46. The molecule has 2 amide bonds. The highest BCUT2D eigenvalue weighted by Gasteiger charge is 2.45. The molecule has 31 heavy (non-hydrogen) atoms.